The Kier molecular flexibility index (Phi) is 6.30. The van der Waals surface area contributed by atoms with Crippen LogP contribution in [0.1, 0.15) is 44.5 Å². The van der Waals surface area contributed by atoms with Crippen LogP contribution in [0.5, 0.6) is 5.75 Å². The van der Waals surface area contributed by atoms with Gasteiger partial charge in [-0.1, -0.05) is 0 Å². The molecule has 1 aliphatic rings. The molecule has 1 N–H and O–H groups in total. The van der Waals surface area contributed by atoms with Gasteiger partial charge in [-0.3, -0.25) is 4.79 Å². The summed E-state index contributed by atoms with van der Waals surface area (Å²) in [6.45, 7) is 1.81. The molecule has 2 aromatic rings. The Balaban J connectivity index is 1.64. The standard InChI is InChI=1S/C20H21NO6S/c1-3-26-20(24)17-14-5-4-6-15(14)28-18(17)21-16(22)11-27-13-9-7-12(8-10-13)19(23)25-2/h7-10H,3-6,11H2,1-2H3,(H,21,22). The lowest BCUT2D eigenvalue weighted by Crippen LogP contribution is -2.21. The number of anilines is 1. The number of carbonyl (C=O) groups is 3. The predicted molar refractivity (Wildman–Crippen MR) is 104 cm³/mol. The van der Waals surface area contributed by atoms with Gasteiger partial charge in [0, 0.05) is 4.88 Å². The molecule has 1 aromatic carbocycles. The van der Waals surface area contributed by atoms with Crippen LogP contribution in [0.15, 0.2) is 24.3 Å². The second-order valence-electron chi connectivity index (χ2n) is 6.13. The first-order valence-corrected chi connectivity index (χ1v) is 9.77. The molecule has 0 radical (unpaired) electrons. The summed E-state index contributed by atoms with van der Waals surface area (Å²) < 4.78 is 15.2. The summed E-state index contributed by atoms with van der Waals surface area (Å²) in [5.74, 6) is -0.775. The minimum Gasteiger partial charge on any atom is -0.484 e. The van der Waals surface area contributed by atoms with E-state index in [1.807, 2.05) is 0 Å². The molecule has 8 heteroatoms. The zero-order valence-electron chi connectivity index (χ0n) is 15.7. The molecule has 0 unspecified atom stereocenters. The first-order valence-electron chi connectivity index (χ1n) is 8.96. The molecule has 0 fully saturated rings. The lowest BCUT2D eigenvalue weighted by Gasteiger charge is -2.09. The van der Waals surface area contributed by atoms with Crippen molar-refractivity contribution in [3.63, 3.8) is 0 Å². The van der Waals surface area contributed by atoms with Crippen molar-refractivity contribution in [2.75, 3.05) is 25.6 Å². The third-order valence-electron chi connectivity index (χ3n) is 4.30. The molecule has 0 saturated carbocycles. The number of hydrogen-bond donors (Lipinski definition) is 1. The Morgan fingerprint density at radius 1 is 1.11 bits per heavy atom. The largest absolute Gasteiger partial charge is 0.484 e. The van der Waals surface area contributed by atoms with Crippen molar-refractivity contribution >= 4 is 34.2 Å². The molecule has 1 amide bonds. The SMILES string of the molecule is CCOC(=O)c1c(NC(=O)COc2ccc(C(=O)OC)cc2)sc2c1CCC2. The zero-order valence-corrected chi connectivity index (χ0v) is 16.5. The van der Waals surface area contributed by atoms with E-state index in [0.717, 1.165) is 29.7 Å². The lowest BCUT2D eigenvalue weighted by atomic mass is 10.1. The number of amides is 1. The number of hydrogen-bond acceptors (Lipinski definition) is 7. The van der Waals surface area contributed by atoms with Crippen LogP contribution in [0.4, 0.5) is 5.00 Å². The second kappa shape index (κ2) is 8.88. The highest BCUT2D eigenvalue weighted by Crippen LogP contribution is 2.39. The fourth-order valence-electron chi connectivity index (χ4n) is 3.03. The van der Waals surface area contributed by atoms with E-state index in [2.05, 4.69) is 10.1 Å². The number of methoxy groups -OCH3 is 1. The van der Waals surface area contributed by atoms with Gasteiger partial charge in [0.15, 0.2) is 6.61 Å². The molecule has 3 rings (SSSR count). The van der Waals surface area contributed by atoms with Crippen molar-refractivity contribution in [2.24, 2.45) is 0 Å². The van der Waals surface area contributed by atoms with E-state index >= 15 is 0 Å². The van der Waals surface area contributed by atoms with E-state index in [9.17, 15) is 14.4 Å². The monoisotopic (exact) mass is 403 g/mol. The molecule has 7 nitrogen and oxygen atoms in total. The van der Waals surface area contributed by atoms with Gasteiger partial charge in [-0.25, -0.2) is 9.59 Å². The van der Waals surface area contributed by atoms with Crippen LogP contribution in [-0.2, 0) is 27.1 Å². The topological polar surface area (TPSA) is 90.9 Å². The molecule has 0 atom stereocenters. The summed E-state index contributed by atoms with van der Waals surface area (Å²) >= 11 is 1.42. The van der Waals surface area contributed by atoms with Crippen molar-refractivity contribution in [3.05, 3.63) is 45.8 Å². The smallest absolute Gasteiger partial charge is 0.341 e. The van der Waals surface area contributed by atoms with Crippen LogP contribution in [0.3, 0.4) is 0 Å². The highest BCUT2D eigenvalue weighted by atomic mass is 32.1. The number of carbonyl (C=O) groups excluding carboxylic acids is 3. The highest BCUT2D eigenvalue weighted by molar-refractivity contribution is 7.17. The summed E-state index contributed by atoms with van der Waals surface area (Å²) in [7, 11) is 1.31. The number of aryl methyl sites for hydroxylation is 1. The van der Waals surface area contributed by atoms with Gasteiger partial charge in [0.2, 0.25) is 0 Å². The summed E-state index contributed by atoms with van der Waals surface area (Å²) in [6, 6.07) is 6.29. The summed E-state index contributed by atoms with van der Waals surface area (Å²) in [4.78, 5) is 37.2. The fraction of sp³-hybridized carbons (Fsp3) is 0.350. The maximum Gasteiger partial charge on any atom is 0.341 e. The quantitative estimate of drug-likeness (QED) is 0.714. The molecule has 0 spiro atoms. The minimum atomic E-state index is -0.443. The van der Waals surface area contributed by atoms with E-state index in [1.165, 1.54) is 18.4 Å². The van der Waals surface area contributed by atoms with Crippen molar-refractivity contribution in [3.8, 4) is 5.75 Å². The van der Waals surface area contributed by atoms with E-state index < -0.39 is 11.9 Å². The van der Waals surface area contributed by atoms with Crippen LogP contribution in [0.25, 0.3) is 0 Å². The molecule has 0 aliphatic heterocycles. The van der Waals surface area contributed by atoms with E-state index in [1.54, 1.807) is 31.2 Å². The van der Waals surface area contributed by atoms with Crippen LogP contribution in [0.2, 0.25) is 0 Å². The zero-order chi connectivity index (χ0) is 20.1. The van der Waals surface area contributed by atoms with Crippen molar-refractivity contribution in [1.29, 1.82) is 0 Å². The van der Waals surface area contributed by atoms with Crippen LogP contribution in [0, 0.1) is 0 Å². The maximum absolute atomic E-state index is 12.3. The van der Waals surface area contributed by atoms with Gasteiger partial charge in [-0.05, 0) is 56.0 Å². The van der Waals surface area contributed by atoms with Crippen LogP contribution < -0.4 is 10.1 Å². The van der Waals surface area contributed by atoms with Crippen molar-refractivity contribution < 1.29 is 28.6 Å². The Morgan fingerprint density at radius 2 is 1.86 bits per heavy atom. The molecule has 28 heavy (non-hydrogen) atoms. The Bertz CT molecular complexity index is 887. The summed E-state index contributed by atoms with van der Waals surface area (Å²) in [6.07, 6.45) is 2.73. The van der Waals surface area contributed by atoms with Crippen molar-refractivity contribution in [2.45, 2.75) is 26.2 Å². The van der Waals surface area contributed by atoms with E-state index in [-0.39, 0.29) is 19.1 Å². The Labute approximate surface area is 166 Å². The van der Waals surface area contributed by atoms with E-state index in [0.29, 0.717) is 21.9 Å². The maximum atomic E-state index is 12.3. The van der Waals surface area contributed by atoms with Gasteiger partial charge in [0.05, 0.1) is 24.8 Å². The van der Waals surface area contributed by atoms with Gasteiger partial charge in [-0.15, -0.1) is 11.3 Å². The van der Waals surface area contributed by atoms with Gasteiger partial charge in [-0.2, -0.15) is 0 Å². The fourth-order valence-corrected chi connectivity index (χ4v) is 4.32. The number of nitrogens with one attached hydrogen (secondary N) is 1. The molecule has 0 saturated heterocycles. The molecular formula is C20H21NO6S. The number of fused-ring (bicyclic) bond motifs is 1. The number of benzene rings is 1. The van der Waals surface area contributed by atoms with Gasteiger partial charge in [0.25, 0.3) is 5.91 Å². The number of rotatable bonds is 7. The normalized spacial score (nSPS) is 12.2. The molecule has 1 aliphatic carbocycles. The third-order valence-corrected chi connectivity index (χ3v) is 5.51. The third kappa shape index (κ3) is 4.33. The molecule has 1 aromatic heterocycles. The van der Waals surface area contributed by atoms with Gasteiger partial charge < -0.3 is 19.5 Å². The Hall–Kier alpha value is -2.87. The first kappa shape index (κ1) is 19.9. The molecule has 1 heterocycles. The van der Waals surface area contributed by atoms with Crippen molar-refractivity contribution in [1.82, 2.24) is 0 Å². The molecule has 0 bridgehead atoms. The van der Waals surface area contributed by atoms with Crippen LogP contribution in [-0.4, -0.2) is 38.2 Å². The first-order chi connectivity index (χ1) is 13.5. The van der Waals surface area contributed by atoms with Gasteiger partial charge in [0.1, 0.15) is 10.8 Å². The molecular weight excluding hydrogens is 382 g/mol. The Morgan fingerprint density at radius 3 is 2.54 bits per heavy atom. The molecule has 148 valence electrons. The number of thiophene rings is 1. The summed E-state index contributed by atoms with van der Waals surface area (Å²) in [5.41, 5.74) is 1.85. The van der Waals surface area contributed by atoms with Gasteiger partial charge >= 0.3 is 11.9 Å². The van der Waals surface area contributed by atoms with E-state index in [4.69, 9.17) is 9.47 Å². The average Bonchev–Trinajstić information content (AvgIpc) is 3.27. The summed E-state index contributed by atoms with van der Waals surface area (Å²) in [5, 5.41) is 3.28. The number of ether oxygens (including phenoxy) is 3. The highest BCUT2D eigenvalue weighted by Gasteiger charge is 2.28. The second-order valence-corrected chi connectivity index (χ2v) is 7.24. The average molecular weight is 403 g/mol. The predicted octanol–water partition coefficient (Wildman–Crippen LogP) is 3.22. The lowest BCUT2D eigenvalue weighted by molar-refractivity contribution is -0.118. The minimum absolute atomic E-state index is 0.220. The number of esters is 2. The van der Waals surface area contributed by atoms with Crippen LogP contribution >= 0.6 is 11.3 Å².